The van der Waals surface area contributed by atoms with Crippen molar-refractivity contribution in [1.82, 2.24) is 14.5 Å². The molecule has 0 bridgehead atoms. The summed E-state index contributed by atoms with van der Waals surface area (Å²) >= 11 is 0. The van der Waals surface area contributed by atoms with Crippen LogP contribution in [0.5, 0.6) is 11.5 Å². The number of methoxy groups -OCH3 is 2. The first-order chi connectivity index (χ1) is 21.2. The number of rotatable bonds is 7. The van der Waals surface area contributed by atoms with Gasteiger partial charge in [-0.25, -0.2) is 14.6 Å². The molecule has 2 heterocycles. The zero-order valence-electron chi connectivity index (χ0n) is 28.4. The number of aryl methyl sites for hydroxylation is 2. The fourth-order valence-corrected chi connectivity index (χ4v) is 6.42. The van der Waals surface area contributed by atoms with Gasteiger partial charge in [0.05, 0.1) is 25.6 Å². The molecule has 45 heavy (non-hydrogen) atoms. The Hall–Kier alpha value is -4.01. The van der Waals surface area contributed by atoms with Gasteiger partial charge in [0.2, 0.25) is 0 Å². The van der Waals surface area contributed by atoms with Gasteiger partial charge in [0.15, 0.2) is 11.5 Å². The molecule has 1 amide bonds. The molecule has 1 aromatic heterocycles. The van der Waals surface area contributed by atoms with E-state index in [0.717, 1.165) is 33.6 Å². The predicted octanol–water partition coefficient (Wildman–Crippen LogP) is 6.91. The van der Waals surface area contributed by atoms with Gasteiger partial charge in [-0.15, -0.1) is 0 Å². The third kappa shape index (κ3) is 6.53. The van der Waals surface area contributed by atoms with E-state index in [1.807, 2.05) is 48.1 Å². The van der Waals surface area contributed by atoms with Crippen molar-refractivity contribution in [1.29, 1.82) is 0 Å². The lowest BCUT2D eigenvalue weighted by Crippen LogP contribution is -2.52. The van der Waals surface area contributed by atoms with Gasteiger partial charge in [-0.2, -0.15) is 0 Å². The van der Waals surface area contributed by atoms with Crippen LogP contribution in [-0.4, -0.2) is 41.1 Å². The fourth-order valence-electron chi connectivity index (χ4n) is 6.42. The Labute approximate surface area is 266 Å². The lowest BCUT2D eigenvalue weighted by molar-refractivity contribution is 0.0453. The average Bonchev–Trinajstić information content (AvgIpc) is 2.94. The molecule has 0 spiro atoms. The maximum atomic E-state index is 14.5. The molecule has 0 atom stereocenters. The quantitative estimate of drug-likeness (QED) is 0.311. The first-order valence-electron chi connectivity index (χ1n) is 16.0. The summed E-state index contributed by atoms with van der Waals surface area (Å²) in [5.41, 5.74) is 7.23. The van der Waals surface area contributed by atoms with Gasteiger partial charge >= 0.3 is 11.8 Å². The molecule has 1 aliphatic carbocycles. The van der Waals surface area contributed by atoms with Crippen molar-refractivity contribution in [3.05, 3.63) is 68.6 Å². The first kappa shape index (κ1) is 32.4. The van der Waals surface area contributed by atoms with E-state index in [-0.39, 0.29) is 29.6 Å². The van der Waals surface area contributed by atoms with Crippen LogP contribution in [0.4, 0.5) is 10.5 Å². The van der Waals surface area contributed by atoms with E-state index in [1.54, 1.807) is 14.2 Å². The molecule has 0 radical (unpaired) electrons. The van der Waals surface area contributed by atoms with Crippen LogP contribution < -0.4 is 26.0 Å². The normalized spacial score (nSPS) is 17.9. The molecule has 9 heteroatoms. The molecule has 1 N–H and O–H groups in total. The number of aromatic nitrogens is 2. The van der Waals surface area contributed by atoms with Gasteiger partial charge in [-0.1, -0.05) is 45.4 Å². The molecule has 242 valence electrons. The van der Waals surface area contributed by atoms with Crippen molar-refractivity contribution in [2.24, 2.45) is 4.99 Å². The number of carbonyl (C=O) groups is 1. The van der Waals surface area contributed by atoms with Crippen LogP contribution in [0.1, 0.15) is 101 Å². The summed E-state index contributed by atoms with van der Waals surface area (Å²) in [5.74, 6) is 1.78. The highest BCUT2D eigenvalue weighted by Crippen LogP contribution is 2.39. The Morgan fingerprint density at radius 2 is 1.56 bits per heavy atom. The zero-order chi connectivity index (χ0) is 32.8. The van der Waals surface area contributed by atoms with E-state index in [2.05, 4.69) is 52.1 Å². The lowest BCUT2D eigenvalue weighted by atomic mass is 9.86. The van der Waals surface area contributed by atoms with E-state index in [0.29, 0.717) is 42.8 Å². The second-order valence-electron chi connectivity index (χ2n) is 14.0. The molecule has 5 rings (SSSR count). The molecular weight excluding hydrogens is 568 g/mol. The maximum Gasteiger partial charge on any atom is 0.407 e. The molecule has 0 saturated heterocycles. The molecule has 2 aromatic carbocycles. The van der Waals surface area contributed by atoms with Crippen LogP contribution >= 0.6 is 0 Å². The van der Waals surface area contributed by atoms with E-state index >= 15 is 0 Å². The Morgan fingerprint density at radius 3 is 2.11 bits per heavy atom. The molecule has 1 saturated carbocycles. The molecule has 3 aromatic rings. The maximum absolute atomic E-state index is 14.5. The average molecular weight is 617 g/mol. The number of nitrogens with zero attached hydrogens (tertiary/aromatic N) is 3. The van der Waals surface area contributed by atoms with Gasteiger partial charge in [0.25, 0.3) is 0 Å². The van der Waals surface area contributed by atoms with Crippen LogP contribution in [0.15, 0.2) is 40.1 Å². The van der Waals surface area contributed by atoms with Crippen molar-refractivity contribution in [2.45, 2.75) is 111 Å². The van der Waals surface area contributed by atoms with E-state index in [1.165, 1.54) is 5.56 Å². The molecule has 1 aliphatic heterocycles. The minimum atomic E-state index is -0.579. The number of nitrogens with one attached hydrogen (secondary N) is 1. The summed E-state index contributed by atoms with van der Waals surface area (Å²) in [6.07, 6.45) is 1.49. The first-order valence-corrected chi connectivity index (χ1v) is 16.0. The van der Waals surface area contributed by atoms with Crippen LogP contribution in [0.25, 0.3) is 11.3 Å². The summed E-state index contributed by atoms with van der Waals surface area (Å²) in [4.78, 5) is 32.3. The highest BCUT2D eigenvalue weighted by Gasteiger charge is 2.35. The molecular formula is C36H48N4O5. The van der Waals surface area contributed by atoms with Gasteiger partial charge in [-0.3, -0.25) is 9.13 Å². The summed E-state index contributed by atoms with van der Waals surface area (Å²) < 4.78 is 20.4. The van der Waals surface area contributed by atoms with Crippen LogP contribution in [-0.2, 0) is 17.7 Å². The molecule has 9 nitrogen and oxygen atoms in total. The summed E-state index contributed by atoms with van der Waals surface area (Å²) in [7, 11) is 3.26. The number of alkyl carbamates (subject to hydrolysis) is 1. The molecule has 2 aliphatic rings. The van der Waals surface area contributed by atoms with Gasteiger partial charge in [0, 0.05) is 30.3 Å². The minimum Gasteiger partial charge on any atom is -0.493 e. The zero-order valence-corrected chi connectivity index (χ0v) is 28.4. The van der Waals surface area contributed by atoms with E-state index < -0.39 is 11.7 Å². The van der Waals surface area contributed by atoms with Gasteiger partial charge < -0.3 is 19.5 Å². The van der Waals surface area contributed by atoms with Crippen molar-refractivity contribution in [3.63, 3.8) is 0 Å². The Morgan fingerprint density at radius 1 is 0.956 bits per heavy atom. The number of benzene rings is 2. The topological polar surface area (TPSA) is 96.1 Å². The molecule has 0 unspecified atom stereocenters. The van der Waals surface area contributed by atoms with Gasteiger partial charge in [0.1, 0.15) is 11.1 Å². The number of carbonyl (C=O) groups excluding carboxylic acids is 1. The number of fused-ring (bicyclic) bond motifs is 3. The second kappa shape index (κ2) is 12.4. The third-order valence-electron chi connectivity index (χ3n) is 8.71. The van der Waals surface area contributed by atoms with Crippen molar-refractivity contribution in [2.75, 3.05) is 14.2 Å². The van der Waals surface area contributed by atoms with Crippen molar-refractivity contribution >= 4 is 11.8 Å². The summed E-state index contributed by atoms with van der Waals surface area (Å²) in [6, 6.07) is 10.2. The van der Waals surface area contributed by atoms with Crippen LogP contribution in [0.2, 0.25) is 0 Å². The number of amides is 1. The largest absolute Gasteiger partial charge is 0.493 e. The second-order valence-corrected chi connectivity index (χ2v) is 14.0. The monoisotopic (exact) mass is 616 g/mol. The highest BCUT2D eigenvalue weighted by molar-refractivity contribution is 5.70. The van der Waals surface area contributed by atoms with Crippen LogP contribution in [0.3, 0.4) is 0 Å². The third-order valence-corrected chi connectivity index (χ3v) is 8.71. The fraction of sp³-hybridized carbons (Fsp3) is 0.528. The summed E-state index contributed by atoms with van der Waals surface area (Å²) in [5, 5.41) is 2.97. The number of ether oxygens (including phenoxy) is 3. The minimum absolute atomic E-state index is 0.0834. The SMILES string of the molecule is COc1cc2c(cc1OC)-c1c/c(=N\c3c(C(C)C)cc(C)cc3C(C)C)n(C3CC(NC(=O)OC(C)(C)C)C3)c(=O)n1CC2. The summed E-state index contributed by atoms with van der Waals surface area (Å²) in [6.45, 7) is 16.9. The number of hydrogen-bond donors (Lipinski definition) is 1. The van der Waals surface area contributed by atoms with Crippen molar-refractivity contribution < 1.29 is 19.0 Å². The Bertz CT molecular complexity index is 1710. The van der Waals surface area contributed by atoms with Crippen LogP contribution in [0, 0.1) is 6.92 Å². The highest BCUT2D eigenvalue weighted by atomic mass is 16.6. The van der Waals surface area contributed by atoms with E-state index in [4.69, 9.17) is 19.2 Å². The Kier molecular flexibility index (Phi) is 8.93. The predicted molar refractivity (Wildman–Crippen MR) is 177 cm³/mol. The Balaban J connectivity index is 1.70. The van der Waals surface area contributed by atoms with Gasteiger partial charge in [-0.05, 0) is 87.6 Å². The van der Waals surface area contributed by atoms with Crippen molar-refractivity contribution in [3.8, 4) is 22.8 Å². The smallest absolute Gasteiger partial charge is 0.407 e. The molecule has 1 fully saturated rings. The number of hydrogen-bond acceptors (Lipinski definition) is 6. The van der Waals surface area contributed by atoms with E-state index in [9.17, 15) is 9.59 Å². The lowest BCUT2D eigenvalue weighted by Gasteiger charge is -2.38. The standard InChI is InChI=1S/C36H48N4O5/c1-20(2)26-13-22(5)14-27(21(3)4)33(26)38-32-19-29-28-18-31(44-10)30(43-9)15-23(28)11-12-39(29)35(42)40(32)25-16-24(17-25)37-34(41)45-36(6,7)8/h13-15,18-21,24-25H,11-12,16-17H2,1-10H3,(H,37,41)/b38-32+.